The van der Waals surface area contributed by atoms with Crippen LogP contribution in [0.15, 0.2) is 54.9 Å². The SMILES string of the molecule is COc1cccc(NC(=O)Nc2ccc(-c3c(C)sc4ncnc(N)c34)cc2)c1.N=C=O. The summed E-state index contributed by atoms with van der Waals surface area (Å²) in [5.74, 6) is 1.14. The van der Waals surface area contributed by atoms with Gasteiger partial charge in [0.15, 0.2) is 0 Å². The van der Waals surface area contributed by atoms with E-state index in [4.69, 9.17) is 20.7 Å². The monoisotopic (exact) mass is 448 g/mol. The molecule has 0 aliphatic heterocycles. The van der Waals surface area contributed by atoms with Gasteiger partial charge in [-0.15, -0.1) is 11.3 Å². The molecule has 162 valence electrons. The van der Waals surface area contributed by atoms with E-state index in [-0.39, 0.29) is 6.03 Å². The third kappa shape index (κ3) is 5.07. The standard InChI is InChI=1S/C21H19N5O2S.CHNO/c1-12-17(18-19(22)23-11-24-20(18)29-12)13-6-8-14(9-7-13)25-21(27)26-15-4-3-5-16(10-15)28-2;2-1-3/h3-11H,1-2H3,(H2,22,23,24)(H2,25,26,27);2H. The second kappa shape index (κ2) is 10.2. The van der Waals surface area contributed by atoms with E-state index in [0.29, 0.717) is 22.9 Å². The highest BCUT2D eigenvalue weighted by Crippen LogP contribution is 2.39. The number of aryl methyl sites for hydroxylation is 1. The molecule has 5 N–H and O–H groups in total. The normalized spacial score (nSPS) is 9.94. The van der Waals surface area contributed by atoms with E-state index in [2.05, 4.69) is 20.6 Å². The van der Waals surface area contributed by atoms with Crippen molar-refractivity contribution in [2.24, 2.45) is 0 Å². The molecule has 0 saturated carbocycles. The minimum absolute atomic E-state index is 0.333. The number of nitrogens with two attached hydrogens (primary N) is 1. The first-order chi connectivity index (χ1) is 15.5. The Morgan fingerprint density at radius 2 is 1.81 bits per heavy atom. The van der Waals surface area contributed by atoms with Gasteiger partial charge in [-0.1, -0.05) is 18.2 Å². The molecule has 0 aliphatic carbocycles. The van der Waals surface area contributed by atoms with Crippen molar-refractivity contribution in [1.82, 2.24) is 9.97 Å². The first-order valence-corrected chi connectivity index (χ1v) is 10.1. The molecule has 2 amide bonds. The van der Waals surface area contributed by atoms with Crippen molar-refractivity contribution >= 4 is 50.9 Å². The Balaban J connectivity index is 0.000000913. The summed E-state index contributed by atoms with van der Waals surface area (Å²) in [6, 6.07) is 14.4. The van der Waals surface area contributed by atoms with E-state index < -0.39 is 0 Å². The molecule has 32 heavy (non-hydrogen) atoms. The molecule has 0 atom stereocenters. The number of urea groups is 1. The Labute approximate surface area is 187 Å². The summed E-state index contributed by atoms with van der Waals surface area (Å²) in [5, 5.41) is 11.9. The molecular weight excluding hydrogens is 428 g/mol. The number of carbonyl (C=O) groups is 1. The van der Waals surface area contributed by atoms with Crippen molar-refractivity contribution in [3.05, 3.63) is 59.7 Å². The third-order valence-corrected chi connectivity index (χ3v) is 5.47. The number of methoxy groups -OCH3 is 1. The third-order valence-electron chi connectivity index (χ3n) is 4.45. The number of aromatic nitrogens is 2. The van der Waals surface area contributed by atoms with E-state index in [1.165, 1.54) is 6.33 Å². The number of nitrogen functional groups attached to an aromatic ring is 1. The zero-order valence-electron chi connectivity index (χ0n) is 17.3. The highest BCUT2D eigenvalue weighted by Gasteiger charge is 2.15. The molecule has 9 nitrogen and oxygen atoms in total. The fraction of sp³-hybridized carbons (Fsp3) is 0.0909. The summed E-state index contributed by atoms with van der Waals surface area (Å²) in [5.41, 5.74) is 9.42. The van der Waals surface area contributed by atoms with Gasteiger partial charge in [-0.25, -0.2) is 25.0 Å². The lowest BCUT2D eigenvalue weighted by atomic mass is 10.0. The number of ether oxygens (including phenoxy) is 1. The van der Waals surface area contributed by atoms with E-state index in [1.54, 1.807) is 30.6 Å². The number of thiophene rings is 1. The predicted octanol–water partition coefficient (Wildman–Crippen LogP) is 4.80. The lowest BCUT2D eigenvalue weighted by Crippen LogP contribution is -2.19. The lowest BCUT2D eigenvalue weighted by Gasteiger charge is -2.10. The summed E-state index contributed by atoms with van der Waals surface area (Å²) in [6.45, 7) is 2.04. The van der Waals surface area contributed by atoms with Crippen LogP contribution in [0.3, 0.4) is 0 Å². The maximum Gasteiger partial charge on any atom is 0.323 e. The molecule has 0 fully saturated rings. The smallest absolute Gasteiger partial charge is 0.323 e. The van der Waals surface area contributed by atoms with Gasteiger partial charge >= 0.3 is 6.03 Å². The highest BCUT2D eigenvalue weighted by atomic mass is 32.1. The average Bonchev–Trinajstić information content (AvgIpc) is 3.12. The molecule has 10 heteroatoms. The predicted molar refractivity (Wildman–Crippen MR) is 126 cm³/mol. The van der Waals surface area contributed by atoms with Crippen LogP contribution in [0.25, 0.3) is 21.3 Å². The minimum Gasteiger partial charge on any atom is -0.497 e. The number of nitrogens with one attached hydrogen (secondary N) is 3. The molecule has 0 saturated heterocycles. The number of hydrogen-bond acceptors (Lipinski definition) is 8. The fourth-order valence-corrected chi connectivity index (χ4v) is 4.15. The number of anilines is 3. The van der Waals surface area contributed by atoms with Gasteiger partial charge in [0.2, 0.25) is 6.08 Å². The van der Waals surface area contributed by atoms with E-state index >= 15 is 0 Å². The van der Waals surface area contributed by atoms with Crippen LogP contribution < -0.4 is 21.1 Å². The van der Waals surface area contributed by atoms with Gasteiger partial charge in [0.1, 0.15) is 22.7 Å². The molecule has 0 spiro atoms. The first-order valence-electron chi connectivity index (χ1n) is 9.32. The number of benzene rings is 2. The first kappa shape index (κ1) is 22.4. The zero-order valence-corrected chi connectivity index (χ0v) is 18.1. The molecule has 2 aromatic heterocycles. The summed E-state index contributed by atoms with van der Waals surface area (Å²) in [6.07, 6.45) is 2.23. The average molecular weight is 449 g/mol. The van der Waals surface area contributed by atoms with E-state index in [1.807, 2.05) is 43.3 Å². The van der Waals surface area contributed by atoms with Crippen LogP contribution in [0.2, 0.25) is 0 Å². The largest absolute Gasteiger partial charge is 0.497 e. The number of carbonyl (C=O) groups excluding carboxylic acids is 2. The Morgan fingerprint density at radius 3 is 2.50 bits per heavy atom. The van der Waals surface area contributed by atoms with Gasteiger partial charge in [-0.05, 0) is 36.8 Å². The van der Waals surface area contributed by atoms with Crippen molar-refractivity contribution in [3.8, 4) is 16.9 Å². The van der Waals surface area contributed by atoms with Crippen LogP contribution in [0.1, 0.15) is 4.88 Å². The van der Waals surface area contributed by atoms with Gasteiger partial charge < -0.3 is 21.1 Å². The molecule has 0 aliphatic rings. The maximum atomic E-state index is 12.3. The van der Waals surface area contributed by atoms with Crippen LogP contribution in [0, 0.1) is 12.3 Å². The number of fused-ring (bicyclic) bond motifs is 1. The number of amides is 2. The summed E-state index contributed by atoms with van der Waals surface area (Å²) >= 11 is 1.59. The molecule has 2 heterocycles. The maximum absolute atomic E-state index is 12.3. The van der Waals surface area contributed by atoms with E-state index in [9.17, 15) is 4.79 Å². The zero-order chi connectivity index (χ0) is 23.1. The van der Waals surface area contributed by atoms with Crippen LogP contribution in [0.4, 0.5) is 22.0 Å². The van der Waals surface area contributed by atoms with Gasteiger partial charge in [-0.3, -0.25) is 0 Å². The Morgan fingerprint density at radius 1 is 1.12 bits per heavy atom. The number of nitrogens with zero attached hydrogens (tertiary/aromatic N) is 2. The van der Waals surface area contributed by atoms with Crippen LogP contribution in [-0.4, -0.2) is 29.2 Å². The summed E-state index contributed by atoms with van der Waals surface area (Å²) < 4.78 is 5.16. The number of isocyanates is 1. The van der Waals surface area contributed by atoms with E-state index in [0.717, 1.165) is 32.3 Å². The molecule has 4 rings (SSSR count). The lowest BCUT2D eigenvalue weighted by molar-refractivity contribution is 0.262. The number of rotatable bonds is 4. The Hall–Kier alpha value is -4.27. The van der Waals surface area contributed by atoms with Crippen molar-refractivity contribution < 1.29 is 14.3 Å². The van der Waals surface area contributed by atoms with Crippen LogP contribution >= 0.6 is 11.3 Å². The second-order valence-electron chi connectivity index (χ2n) is 6.46. The molecule has 0 radical (unpaired) electrons. The summed E-state index contributed by atoms with van der Waals surface area (Å²) in [7, 11) is 1.58. The number of hydrogen-bond donors (Lipinski definition) is 4. The molecule has 4 aromatic rings. The Bertz CT molecular complexity index is 1280. The van der Waals surface area contributed by atoms with Crippen molar-refractivity contribution in [2.45, 2.75) is 6.92 Å². The van der Waals surface area contributed by atoms with Gasteiger partial charge in [-0.2, -0.15) is 0 Å². The second-order valence-corrected chi connectivity index (χ2v) is 7.67. The Kier molecular flexibility index (Phi) is 7.12. The summed E-state index contributed by atoms with van der Waals surface area (Å²) in [4.78, 5) is 31.0. The molecule has 2 aromatic carbocycles. The fourth-order valence-electron chi connectivity index (χ4n) is 3.13. The van der Waals surface area contributed by atoms with Crippen LogP contribution in [-0.2, 0) is 4.79 Å². The molecule has 0 bridgehead atoms. The van der Waals surface area contributed by atoms with Gasteiger partial charge in [0.25, 0.3) is 0 Å². The van der Waals surface area contributed by atoms with Crippen molar-refractivity contribution in [1.29, 1.82) is 5.41 Å². The topological polar surface area (TPSA) is 143 Å². The molecule has 0 unspecified atom stereocenters. The minimum atomic E-state index is -0.333. The van der Waals surface area contributed by atoms with Gasteiger partial charge in [0.05, 0.1) is 12.5 Å². The van der Waals surface area contributed by atoms with Crippen LogP contribution in [0.5, 0.6) is 5.75 Å². The molecular formula is C22H20N6O3S. The highest BCUT2D eigenvalue weighted by molar-refractivity contribution is 7.19. The quantitative estimate of drug-likeness (QED) is 0.261. The van der Waals surface area contributed by atoms with Crippen molar-refractivity contribution in [3.63, 3.8) is 0 Å². The van der Waals surface area contributed by atoms with Crippen molar-refractivity contribution in [2.75, 3.05) is 23.5 Å². The van der Waals surface area contributed by atoms with Gasteiger partial charge in [0, 0.05) is 27.9 Å².